The topological polar surface area (TPSA) is 18.5 Å². The Balaban J connectivity index is 2.37. The van der Waals surface area contributed by atoms with Crippen LogP contribution in [0.25, 0.3) is 0 Å². The van der Waals surface area contributed by atoms with Crippen molar-refractivity contribution < 1.29 is 9.47 Å². The highest BCUT2D eigenvalue weighted by Gasteiger charge is 2.31. The number of hydrogen-bond acceptors (Lipinski definition) is 2. The fraction of sp³-hybridized carbons (Fsp3) is 1.00. The summed E-state index contributed by atoms with van der Waals surface area (Å²) >= 11 is 0. The minimum atomic E-state index is 0.435. The Labute approximate surface area is 69.7 Å². The first kappa shape index (κ1) is 9.08. The maximum Gasteiger partial charge on any atom is 0.105 e. The zero-order valence-electron chi connectivity index (χ0n) is 7.67. The van der Waals surface area contributed by atoms with E-state index in [-0.39, 0.29) is 0 Å². The summed E-state index contributed by atoms with van der Waals surface area (Å²) in [5.41, 5.74) is 0. The van der Waals surface area contributed by atoms with Crippen LogP contribution in [0.1, 0.15) is 12.8 Å². The molecule has 2 nitrogen and oxygen atoms in total. The first-order chi connectivity index (χ1) is 5.27. The molecule has 11 heavy (non-hydrogen) atoms. The van der Waals surface area contributed by atoms with Crippen LogP contribution in [0.5, 0.6) is 0 Å². The smallest absolute Gasteiger partial charge is 0.105 e. The van der Waals surface area contributed by atoms with Crippen LogP contribution >= 0.6 is 0 Å². The third kappa shape index (κ3) is 2.21. The number of methoxy groups -OCH3 is 2. The normalized spacial score (nSPS) is 37.8. The van der Waals surface area contributed by atoms with Gasteiger partial charge in [0.25, 0.3) is 0 Å². The van der Waals surface area contributed by atoms with Crippen LogP contribution in [-0.2, 0) is 9.47 Å². The highest BCUT2D eigenvalue weighted by atomic mass is 16.5. The maximum absolute atomic E-state index is 5.37. The van der Waals surface area contributed by atoms with Gasteiger partial charge in [-0.15, -0.1) is 0 Å². The summed E-state index contributed by atoms with van der Waals surface area (Å²) < 4.78 is 10.5. The Kier molecular flexibility index (Phi) is 3.40. The molecule has 0 aliphatic heterocycles. The van der Waals surface area contributed by atoms with Crippen molar-refractivity contribution in [3.8, 4) is 0 Å². The summed E-state index contributed by atoms with van der Waals surface area (Å²) in [6, 6.07) is 0. The molecule has 0 aromatic carbocycles. The highest BCUT2D eigenvalue weighted by molar-refractivity contribution is 6.11. The molecule has 0 radical (unpaired) electrons. The fourth-order valence-electron chi connectivity index (χ4n) is 2.03. The van der Waals surface area contributed by atoms with Gasteiger partial charge in [0.05, 0.1) is 12.7 Å². The van der Waals surface area contributed by atoms with Crippen molar-refractivity contribution in [3.05, 3.63) is 0 Å². The largest absolute Gasteiger partial charge is 0.384 e. The summed E-state index contributed by atoms with van der Waals surface area (Å²) in [6.07, 6.45) is 2.89. The molecule has 1 fully saturated rings. The molecular formula is C8H17BO2. The Morgan fingerprint density at radius 2 is 2.09 bits per heavy atom. The molecule has 1 rings (SSSR count). The lowest BCUT2D eigenvalue weighted by Crippen LogP contribution is -2.20. The molecule has 1 aliphatic rings. The Morgan fingerprint density at radius 3 is 2.64 bits per heavy atom. The van der Waals surface area contributed by atoms with E-state index in [0.717, 1.165) is 12.4 Å². The zero-order chi connectivity index (χ0) is 8.27. The summed E-state index contributed by atoms with van der Waals surface area (Å²) in [7, 11) is 5.84. The molecular weight excluding hydrogens is 139 g/mol. The van der Waals surface area contributed by atoms with Crippen molar-refractivity contribution in [2.75, 3.05) is 20.8 Å². The van der Waals surface area contributed by atoms with Crippen molar-refractivity contribution in [1.29, 1.82) is 0 Å². The predicted molar refractivity (Wildman–Crippen MR) is 47.7 cm³/mol. The SMILES string of the molecule is BC1CC(COC)C(OC)C1. The van der Waals surface area contributed by atoms with Gasteiger partial charge in [-0.3, -0.25) is 0 Å². The van der Waals surface area contributed by atoms with E-state index in [4.69, 9.17) is 9.47 Å². The molecule has 0 N–H and O–H groups in total. The lowest BCUT2D eigenvalue weighted by Gasteiger charge is -2.16. The van der Waals surface area contributed by atoms with E-state index in [9.17, 15) is 0 Å². The van der Waals surface area contributed by atoms with Gasteiger partial charge in [0, 0.05) is 20.1 Å². The molecule has 64 valence electrons. The molecule has 0 amide bonds. The van der Waals surface area contributed by atoms with Gasteiger partial charge in [-0.05, 0) is 12.8 Å². The van der Waals surface area contributed by atoms with Crippen LogP contribution in [-0.4, -0.2) is 34.8 Å². The number of hydrogen-bond donors (Lipinski definition) is 0. The van der Waals surface area contributed by atoms with Gasteiger partial charge in [-0.1, -0.05) is 5.82 Å². The van der Waals surface area contributed by atoms with Crippen molar-refractivity contribution >= 4 is 7.85 Å². The second kappa shape index (κ2) is 4.12. The lowest BCUT2D eigenvalue weighted by molar-refractivity contribution is 0.0332. The molecule has 0 spiro atoms. The molecule has 3 unspecified atom stereocenters. The summed E-state index contributed by atoms with van der Waals surface area (Å²) in [4.78, 5) is 0. The van der Waals surface area contributed by atoms with Crippen LogP contribution in [0.15, 0.2) is 0 Å². The molecule has 1 aliphatic carbocycles. The van der Waals surface area contributed by atoms with Crippen molar-refractivity contribution in [2.24, 2.45) is 5.92 Å². The van der Waals surface area contributed by atoms with E-state index in [0.29, 0.717) is 12.0 Å². The van der Waals surface area contributed by atoms with Crippen molar-refractivity contribution in [3.63, 3.8) is 0 Å². The minimum Gasteiger partial charge on any atom is -0.384 e. The first-order valence-electron chi connectivity index (χ1n) is 4.29. The fourth-order valence-corrected chi connectivity index (χ4v) is 2.03. The van der Waals surface area contributed by atoms with Gasteiger partial charge in [0.1, 0.15) is 7.85 Å². The van der Waals surface area contributed by atoms with Gasteiger partial charge in [0.15, 0.2) is 0 Å². The van der Waals surface area contributed by atoms with Gasteiger partial charge in [0.2, 0.25) is 0 Å². The van der Waals surface area contributed by atoms with E-state index in [1.165, 1.54) is 12.8 Å². The number of ether oxygens (including phenoxy) is 2. The molecule has 1 saturated carbocycles. The van der Waals surface area contributed by atoms with E-state index in [1.54, 1.807) is 14.2 Å². The van der Waals surface area contributed by atoms with Crippen LogP contribution in [0.2, 0.25) is 5.82 Å². The summed E-state index contributed by atoms with van der Waals surface area (Å²) in [5.74, 6) is 1.43. The van der Waals surface area contributed by atoms with Crippen LogP contribution in [0.4, 0.5) is 0 Å². The molecule has 3 atom stereocenters. The second-order valence-corrected chi connectivity index (χ2v) is 3.57. The van der Waals surface area contributed by atoms with Gasteiger partial charge in [-0.2, -0.15) is 0 Å². The third-order valence-corrected chi connectivity index (χ3v) is 2.55. The minimum absolute atomic E-state index is 0.435. The Hall–Kier alpha value is -0.0151. The maximum atomic E-state index is 5.37. The summed E-state index contributed by atoms with van der Waals surface area (Å²) in [5, 5.41) is 0. The standard InChI is InChI=1S/C8H17BO2/c1-10-5-6-3-7(9)4-8(6)11-2/h6-8H,3-5,9H2,1-2H3. The van der Waals surface area contributed by atoms with Gasteiger partial charge < -0.3 is 9.47 Å². The molecule has 0 heterocycles. The van der Waals surface area contributed by atoms with E-state index >= 15 is 0 Å². The van der Waals surface area contributed by atoms with Gasteiger partial charge in [-0.25, -0.2) is 0 Å². The lowest BCUT2D eigenvalue weighted by atomic mass is 9.85. The highest BCUT2D eigenvalue weighted by Crippen LogP contribution is 2.34. The first-order valence-corrected chi connectivity index (χ1v) is 4.29. The van der Waals surface area contributed by atoms with Crippen molar-refractivity contribution in [1.82, 2.24) is 0 Å². The molecule has 0 saturated heterocycles. The second-order valence-electron chi connectivity index (χ2n) is 3.57. The van der Waals surface area contributed by atoms with Crippen LogP contribution < -0.4 is 0 Å². The van der Waals surface area contributed by atoms with Gasteiger partial charge >= 0.3 is 0 Å². The Morgan fingerprint density at radius 1 is 1.36 bits per heavy atom. The predicted octanol–water partition coefficient (Wildman–Crippen LogP) is 0.479. The van der Waals surface area contributed by atoms with Crippen molar-refractivity contribution in [2.45, 2.75) is 24.8 Å². The van der Waals surface area contributed by atoms with E-state index in [1.807, 2.05) is 0 Å². The van der Waals surface area contributed by atoms with Crippen LogP contribution in [0, 0.1) is 5.92 Å². The van der Waals surface area contributed by atoms with E-state index < -0.39 is 0 Å². The number of rotatable bonds is 3. The Bertz CT molecular complexity index is 119. The average molecular weight is 156 g/mol. The molecule has 3 heteroatoms. The zero-order valence-corrected chi connectivity index (χ0v) is 7.67. The molecule has 0 aromatic rings. The van der Waals surface area contributed by atoms with Crippen LogP contribution in [0.3, 0.4) is 0 Å². The summed E-state index contributed by atoms with van der Waals surface area (Å²) in [6.45, 7) is 0.850. The monoisotopic (exact) mass is 156 g/mol. The molecule has 0 bridgehead atoms. The van der Waals surface area contributed by atoms with E-state index in [2.05, 4.69) is 7.85 Å². The average Bonchev–Trinajstić information content (AvgIpc) is 2.32. The quantitative estimate of drug-likeness (QED) is 0.553. The third-order valence-electron chi connectivity index (χ3n) is 2.55. The molecule has 0 aromatic heterocycles.